The van der Waals surface area contributed by atoms with Gasteiger partial charge in [-0.3, -0.25) is 0 Å². The summed E-state index contributed by atoms with van der Waals surface area (Å²) in [5, 5.41) is 3.98. The molecule has 1 amide bonds. The van der Waals surface area contributed by atoms with Crippen LogP contribution in [0, 0.1) is 5.82 Å². The molecule has 0 bridgehead atoms. The SMILES string of the molecule is CNCc1ccc2[nH]c(OC(N)=O)c(Sc3cccc(F)c3)c2c1. The van der Waals surface area contributed by atoms with Crippen molar-refractivity contribution in [2.75, 3.05) is 7.05 Å². The zero-order valence-electron chi connectivity index (χ0n) is 12.9. The maximum atomic E-state index is 13.5. The van der Waals surface area contributed by atoms with Crippen LogP contribution in [0.15, 0.2) is 52.3 Å². The van der Waals surface area contributed by atoms with Gasteiger partial charge in [0.05, 0.1) is 4.90 Å². The Morgan fingerprint density at radius 3 is 2.88 bits per heavy atom. The van der Waals surface area contributed by atoms with E-state index in [0.717, 1.165) is 16.5 Å². The number of hydrogen-bond acceptors (Lipinski definition) is 4. The van der Waals surface area contributed by atoms with Gasteiger partial charge in [0, 0.05) is 22.3 Å². The van der Waals surface area contributed by atoms with Gasteiger partial charge >= 0.3 is 6.09 Å². The van der Waals surface area contributed by atoms with Crippen molar-refractivity contribution in [3.63, 3.8) is 0 Å². The highest BCUT2D eigenvalue weighted by Crippen LogP contribution is 2.41. The lowest BCUT2D eigenvalue weighted by atomic mass is 10.1. The minimum Gasteiger partial charge on any atom is -0.392 e. The summed E-state index contributed by atoms with van der Waals surface area (Å²) in [4.78, 5) is 15.6. The average Bonchev–Trinajstić information content (AvgIpc) is 2.84. The average molecular weight is 345 g/mol. The van der Waals surface area contributed by atoms with Crippen molar-refractivity contribution in [2.24, 2.45) is 5.73 Å². The van der Waals surface area contributed by atoms with Gasteiger partial charge in [0.1, 0.15) is 5.82 Å². The molecule has 2 aromatic carbocycles. The fourth-order valence-electron chi connectivity index (χ4n) is 2.43. The fraction of sp³-hybridized carbons (Fsp3) is 0.118. The smallest absolute Gasteiger partial charge is 0.392 e. The molecule has 0 fully saturated rings. The Labute approximate surface area is 142 Å². The Kier molecular flexibility index (Phi) is 4.73. The molecule has 7 heteroatoms. The molecule has 4 N–H and O–H groups in total. The number of aromatic amines is 1. The standard InChI is InChI=1S/C17H16FN3O2S/c1-20-9-10-5-6-14-13(7-10)15(16(21-14)23-17(19)22)24-12-4-2-3-11(18)8-12/h2-8,20-21H,9H2,1H3,(H2,19,22). The number of H-pyrrole nitrogens is 1. The van der Waals surface area contributed by atoms with Crippen molar-refractivity contribution in [2.45, 2.75) is 16.3 Å². The molecule has 0 saturated heterocycles. The second-order valence-corrected chi connectivity index (χ2v) is 6.26. The number of halogens is 1. The van der Waals surface area contributed by atoms with E-state index < -0.39 is 6.09 Å². The number of carbonyl (C=O) groups is 1. The van der Waals surface area contributed by atoms with E-state index in [4.69, 9.17) is 10.5 Å². The lowest BCUT2D eigenvalue weighted by molar-refractivity contribution is 0.208. The number of rotatable bonds is 5. The highest BCUT2D eigenvalue weighted by atomic mass is 32.2. The highest BCUT2D eigenvalue weighted by molar-refractivity contribution is 7.99. The summed E-state index contributed by atoms with van der Waals surface area (Å²) in [5.41, 5.74) is 7.04. The van der Waals surface area contributed by atoms with E-state index in [9.17, 15) is 9.18 Å². The van der Waals surface area contributed by atoms with Gasteiger partial charge in [-0.25, -0.2) is 9.18 Å². The Bertz CT molecular complexity index is 895. The first-order valence-corrected chi connectivity index (χ1v) is 8.08. The summed E-state index contributed by atoms with van der Waals surface area (Å²) in [6.07, 6.45) is -0.905. The first kappa shape index (κ1) is 16.4. The summed E-state index contributed by atoms with van der Waals surface area (Å²) in [5.74, 6) is -0.0681. The molecule has 5 nitrogen and oxygen atoms in total. The fourth-order valence-corrected chi connectivity index (χ4v) is 3.44. The minimum absolute atomic E-state index is 0.258. The van der Waals surface area contributed by atoms with Crippen LogP contribution in [-0.4, -0.2) is 18.1 Å². The van der Waals surface area contributed by atoms with Crippen LogP contribution in [0.25, 0.3) is 10.9 Å². The molecule has 0 atom stereocenters. The van der Waals surface area contributed by atoms with Gasteiger partial charge in [0.15, 0.2) is 0 Å². The molecular weight excluding hydrogens is 329 g/mol. The van der Waals surface area contributed by atoms with Crippen molar-refractivity contribution in [3.05, 3.63) is 53.8 Å². The number of aromatic nitrogens is 1. The summed E-state index contributed by atoms with van der Waals surface area (Å²) < 4.78 is 18.5. The molecule has 0 saturated carbocycles. The van der Waals surface area contributed by atoms with Gasteiger partial charge in [-0.2, -0.15) is 0 Å². The Balaban J connectivity index is 2.09. The van der Waals surface area contributed by atoms with Crippen molar-refractivity contribution < 1.29 is 13.9 Å². The van der Waals surface area contributed by atoms with E-state index in [1.165, 1.54) is 23.9 Å². The van der Waals surface area contributed by atoms with E-state index in [1.807, 2.05) is 25.2 Å². The largest absolute Gasteiger partial charge is 0.411 e. The van der Waals surface area contributed by atoms with Crippen molar-refractivity contribution in [3.8, 4) is 5.88 Å². The van der Waals surface area contributed by atoms with Crippen LogP contribution in [0.1, 0.15) is 5.56 Å². The predicted octanol–water partition coefficient (Wildman–Crippen LogP) is 3.64. The summed E-state index contributed by atoms with van der Waals surface area (Å²) >= 11 is 1.31. The van der Waals surface area contributed by atoms with E-state index >= 15 is 0 Å². The second kappa shape index (κ2) is 6.94. The van der Waals surface area contributed by atoms with Crippen LogP contribution in [0.2, 0.25) is 0 Å². The third kappa shape index (κ3) is 3.52. The van der Waals surface area contributed by atoms with Crippen LogP contribution in [0.4, 0.5) is 9.18 Å². The number of nitrogens with one attached hydrogen (secondary N) is 2. The van der Waals surface area contributed by atoms with E-state index in [2.05, 4.69) is 10.3 Å². The molecule has 24 heavy (non-hydrogen) atoms. The van der Waals surface area contributed by atoms with Gasteiger partial charge in [0.25, 0.3) is 0 Å². The molecule has 1 heterocycles. The molecule has 3 rings (SSSR count). The number of carbonyl (C=O) groups excluding carboxylic acids is 1. The molecule has 0 aliphatic rings. The first-order chi connectivity index (χ1) is 11.6. The molecule has 0 unspecified atom stereocenters. The Hall–Kier alpha value is -2.51. The van der Waals surface area contributed by atoms with Crippen LogP contribution < -0.4 is 15.8 Å². The van der Waals surface area contributed by atoms with E-state index in [1.54, 1.807) is 12.1 Å². The molecule has 124 valence electrons. The van der Waals surface area contributed by atoms with Crippen molar-refractivity contribution in [1.82, 2.24) is 10.3 Å². The lowest BCUT2D eigenvalue weighted by Crippen LogP contribution is -2.16. The minimum atomic E-state index is -0.905. The molecule has 0 radical (unpaired) electrons. The van der Waals surface area contributed by atoms with Gasteiger partial charge in [-0.05, 0) is 42.9 Å². The first-order valence-electron chi connectivity index (χ1n) is 7.26. The number of primary amides is 1. The Morgan fingerprint density at radius 1 is 1.33 bits per heavy atom. The number of hydrogen-bond donors (Lipinski definition) is 3. The third-order valence-corrected chi connectivity index (χ3v) is 4.48. The van der Waals surface area contributed by atoms with Gasteiger partial charge in [-0.15, -0.1) is 0 Å². The van der Waals surface area contributed by atoms with Crippen molar-refractivity contribution in [1.29, 1.82) is 0 Å². The number of amides is 1. The lowest BCUT2D eigenvalue weighted by Gasteiger charge is -2.05. The molecular formula is C17H16FN3O2S. The highest BCUT2D eigenvalue weighted by Gasteiger charge is 2.17. The Morgan fingerprint density at radius 2 is 2.17 bits per heavy atom. The van der Waals surface area contributed by atoms with Crippen LogP contribution in [0.3, 0.4) is 0 Å². The molecule has 1 aromatic heterocycles. The van der Waals surface area contributed by atoms with Crippen molar-refractivity contribution >= 4 is 28.8 Å². The normalized spacial score (nSPS) is 10.9. The van der Waals surface area contributed by atoms with Crippen LogP contribution in [0.5, 0.6) is 5.88 Å². The molecule has 3 aromatic rings. The number of ether oxygens (including phenoxy) is 1. The molecule has 0 spiro atoms. The number of benzene rings is 2. The van der Waals surface area contributed by atoms with E-state index in [0.29, 0.717) is 16.3 Å². The summed E-state index contributed by atoms with van der Waals surface area (Å²) in [6.45, 7) is 0.706. The van der Waals surface area contributed by atoms with Crippen LogP contribution in [-0.2, 0) is 6.54 Å². The van der Waals surface area contributed by atoms with E-state index in [-0.39, 0.29) is 11.7 Å². The quantitative estimate of drug-likeness (QED) is 0.660. The van der Waals surface area contributed by atoms with Gasteiger partial charge in [-0.1, -0.05) is 23.9 Å². The predicted molar refractivity (Wildman–Crippen MR) is 91.8 cm³/mol. The monoisotopic (exact) mass is 345 g/mol. The zero-order chi connectivity index (χ0) is 17.1. The third-order valence-electron chi connectivity index (χ3n) is 3.38. The number of fused-ring (bicyclic) bond motifs is 1. The maximum Gasteiger partial charge on any atom is 0.411 e. The van der Waals surface area contributed by atoms with Crippen LogP contribution >= 0.6 is 11.8 Å². The number of nitrogens with two attached hydrogens (primary N) is 1. The van der Waals surface area contributed by atoms with Gasteiger partial charge in [0.2, 0.25) is 5.88 Å². The summed E-state index contributed by atoms with van der Waals surface area (Å²) in [6, 6.07) is 12.1. The second-order valence-electron chi connectivity index (χ2n) is 5.17. The molecule has 0 aliphatic heterocycles. The zero-order valence-corrected chi connectivity index (χ0v) is 13.7. The topological polar surface area (TPSA) is 80.1 Å². The summed E-state index contributed by atoms with van der Waals surface area (Å²) in [7, 11) is 1.87. The van der Waals surface area contributed by atoms with Gasteiger partial charge < -0.3 is 20.8 Å². The molecule has 0 aliphatic carbocycles. The maximum absolute atomic E-state index is 13.5.